The molecule has 2 unspecified atom stereocenters. The highest BCUT2D eigenvalue weighted by Crippen LogP contribution is 2.43. The minimum absolute atomic E-state index is 0.00477. The van der Waals surface area contributed by atoms with E-state index in [9.17, 15) is 10.2 Å². The van der Waals surface area contributed by atoms with Crippen LogP contribution in [0.3, 0.4) is 0 Å². The molecule has 2 aromatic rings. The lowest BCUT2D eigenvalue weighted by molar-refractivity contribution is 0.379. The Labute approximate surface area is 116 Å². The molecule has 2 fully saturated rings. The number of benzene rings is 2. The second-order valence-electron chi connectivity index (χ2n) is 5.52. The first kappa shape index (κ1) is 12.0. The second-order valence-corrected chi connectivity index (χ2v) is 5.52. The summed E-state index contributed by atoms with van der Waals surface area (Å²) in [6, 6.07) is 7.88. The van der Waals surface area contributed by atoms with E-state index in [0.717, 1.165) is 35.1 Å². The van der Waals surface area contributed by atoms with Gasteiger partial charge < -0.3 is 19.7 Å². The number of phenolic OH excluding ortho intramolecular Hbond substituents is 2. The maximum atomic E-state index is 10.3. The molecular weight excluding hydrogens is 256 g/mol. The summed E-state index contributed by atoms with van der Waals surface area (Å²) in [7, 11) is 0. The molecule has 2 atom stereocenters. The molecule has 2 aliphatic rings. The van der Waals surface area contributed by atoms with Gasteiger partial charge in [-0.15, -0.1) is 0 Å². The van der Waals surface area contributed by atoms with Gasteiger partial charge in [-0.25, -0.2) is 0 Å². The average molecular weight is 272 g/mol. The lowest BCUT2D eigenvalue weighted by Crippen LogP contribution is -2.01. The third kappa shape index (κ3) is 2.01. The minimum Gasteiger partial charge on any atom is -0.504 e. The van der Waals surface area contributed by atoms with Crippen molar-refractivity contribution >= 4 is 10.8 Å². The summed E-state index contributed by atoms with van der Waals surface area (Å²) in [5.41, 5.74) is 1.56. The van der Waals surface area contributed by atoms with Gasteiger partial charge in [0.1, 0.15) is 0 Å². The predicted molar refractivity (Wildman–Crippen MR) is 74.2 cm³/mol. The quantitative estimate of drug-likeness (QED) is 0.661. The molecule has 2 N–H and O–H groups in total. The maximum Gasteiger partial charge on any atom is 0.161 e. The van der Waals surface area contributed by atoms with Crippen LogP contribution in [0.5, 0.6) is 11.5 Å². The third-order valence-corrected chi connectivity index (χ3v) is 4.04. The van der Waals surface area contributed by atoms with Crippen molar-refractivity contribution in [2.45, 2.75) is 25.0 Å². The van der Waals surface area contributed by atoms with E-state index in [2.05, 4.69) is 0 Å². The molecule has 0 saturated carbocycles. The Bertz CT molecular complexity index is 613. The van der Waals surface area contributed by atoms with Gasteiger partial charge in [0.2, 0.25) is 0 Å². The van der Waals surface area contributed by atoms with Crippen molar-refractivity contribution in [1.82, 2.24) is 0 Å². The third-order valence-electron chi connectivity index (χ3n) is 4.04. The molecule has 0 bridgehead atoms. The van der Waals surface area contributed by atoms with Gasteiger partial charge in [0, 0.05) is 24.0 Å². The summed E-state index contributed by atoms with van der Waals surface area (Å²) in [5.74, 6) is -0.00954. The fourth-order valence-electron chi connectivity index (χ4n) is 2.79. The van der Waals surface area contributed by atoms with Crippen LogP contribution in [0.4, 0.5) is 0 Å². The summed E-state index contributed by atoms with van der Waals surface area (Å²) in [6.45, 7) is 1.46. The van der Waals surface area contributed by atoms with E-state index >= 15 is 0 Å². The largest absolute Gasteiger partial charge is 0.504 e. The zero-order valence-corrected chi connectivity index (χ0v) is 11.0. The first-order valence-electron chi connectivity index (χ1n) is 6.91. The Morgan fingerprint density at radius 1 is 0.850 bits per heavy atom. The summed E-state index contributed by atoms with van der Waals surface area (Å²) < 4.78 is 10.5. The van der Waals surface area contributed by atoms with E-state index in [1.807, 2.05) is 24.3 Å². The van der Waals surface area contributed by atoms with Crippen LogP contribution in [-0.4, -0.2) is 35.6 Å². The highest BCUT2D eigenvalue weighted by Gasteiger charge is 2.30. The maximum absolute atomic E-state index is 10.3. The Kier molecular flexibility index (Phi) is 2.62. The van der Waals surface area contributed by atoms with Crippen LogP contribution in [0.25, 0.3) is 10.8 Å². The van der Waals surface area contributed by atoms with E-state index < -0.39 is 0 Å². The lowest BCUT2D eigenvalue weighted by Gasteiger charge is -2.15. The van der Waals surface area contributed by atoms with Crippen molar-refractivity contribution in [3.8, 4) is 11.5 Å². The van der Waals surface area contributed by atoms with Crippen LogP contribution in [0.1, 0.15) is 11.1 Å². The van der Waals surface area contributed by atoms with E-state index in [1.54, 1.807) is 0 Å². The molecule has 0 aromatic heterocycles. The zero-order valence-electron chi connectivity index (χ0n) is 11.0. The topological polar surface area (TPSA) is 65.5 Å². The number of hydrogen-bond acceptors (Lipinski definition) is 4. The van der Waals surface area contributed by atoms with Crippen LogP contribution in [0.2, 0.25) is 0 Å². The van der Waals surface area contributed by atoms with Gasteiger partial charge >= 0.3 is 0 Å². The van der Waals surface area contributed by atoms with Gasteiger partial charge in [-0.05, 0) is 10.8 Å². The fraction of sp³-hybridized carbons (Fsp3) is 0.375. The molecule has 2 heterocycles. The molecule has 0 amide bonds. The molecule has 2 saturated heterocycles. The van der Waals surface area contributed by atoms with Gasteiger partial charge in [0.15, 0.2) is 11.5 Å². The Morgan fingerprint density at radius 3 is 1.60 bits per heavy atom. The number of phenols is 2. The van der Waals surface area contributed by atoms with Gasteiger partial charge in [-0.2, -0.15) is 0 Å². The molecule has 0 radical (unpaired) electrons. The number of fused-ring (bicyclic) bond motifs is 1. The first-order chi connectivity index (χ1) is 9.74. The van der Waals surface area contributed by atoms with Crippen molar-refractivity contribution in [3.05, 3.63) is 35.4 Å². The van der Waals surface area contributed by atoms with Gasteiger partial charge in [-0.3, -0.25) is 0 Å². The van der Waals surface area contributed by atoms with Crippen molar-refractivity contribution < 1.29 is 19.7 Å². The highest BCUT2D eigenvalue weighted by molar-refractivity contribution is 5.93. The molecule has 4 heteroatoms. The highest BCUT2D eigenvalue weighted by atomic mass is 16.6. The molecule has 104 valence electrons. The molecule has 4 rings (SSSR count). The van der Waals surface area contributed by atoms with Crippen LogP contribution >= 0.6 is 0 Å². The number of rotatable bonds is 4. The van der Waals surface area contributed by atoms with E-state index in [0.29, 0.717) is 12.8 Å². The van der Waals surface area contributed by atoms with Crippen LogP contribution in [0, 0.1) is 0 Å². The monoisotopic (exact) mass is 272 g/mol. The van der Waals surface area contributed by atoms with E-state index in [1.165, 1.54) is 0 Å². The average Bonchev–Trinajstić information content (AvgIpc) is 3.35. The van der Waals surface area contributed by atoms with Gasteiger partial charge in [-0.1, -0.05) is 24.3 Å². The number of ether oxygens (including phenoxy) is 2. The smallest absolute Gasteiger partial charge is 0.161 e. The van der Waals surface area contributed by atoms with Crippen molar-refractivity contribution in [3.63, 3.8) is 0 Å². The Balaban J connectivity index is 1.91. The summed E-state index contributed by atoms with van der Waals surface area (Å²) in [5, 5.41) is 22.7. The molecule has 20 heavy (non-hydrogen) atoms. The van der Waals surface area contributed by atoms with Crippen LogP contribution < -0.4 is 0 Å². The molecule has 2 aromatic carbocycles. The summed E-state index contributed by atoms with van der Waals surface area (Å²) >= 11 is 0. The fourth-order valence-corrected chi connectivity index (χ4v) is 2.79. The first-order valence-corrected chi connectivity index (χ1v) is 6.91. The second kappa shape index (κ2) is 4.36. The zero-order chi connectivity index (χ0) is 13.7. The van der Waals surface area contributed by atoms with E-state index in [4.69, 9.17) is 9.47 Å². The number of hydrogen-bond donors (Lipinski definition) is 2. The van der Waals surface area contributed by atoms with Crippen LogP contribution in [-0.2, 0) is 22.3 Å². The van der Waals surface area contributed by atoms with Crippen molar-refractivity contribution in [2.24, 2.45) is 0 Å². The standard InChI is InChI=1S/C16H16O4/c17-15-13(5-9-7-19-9)11-3-1-2-4-12(11)14(16(15)18)6-10-8-20-10/h1-4,9-10,17-18H,5-8H2. The molecule has 2 aliphatic heterocycles. The number of aromatic hydroxyl groups is 2. The molecule has 4 nitrogen and oxygen atoms in total. The van der Waals surface area contributed by atoms with Crippen molar-refractivity contribution in [1.29, 1.82) is 0 Å². The minimum atomic E-state index is -0.00477. The van der Waals surface area contributed by atoms with Crippen molar-refractivity contribution in [2.75, 3.05) is 13.2 Å². The summed E-state index contributed by atoms with van der Waals surface area (Å²) in [4.78, 5) is 0. The van der Waals surface area contributed by atoms with Gasteiger partial charge in [0.25, 0.3) is 0 Å². The SMILES string of the molecule is Oc1c(O)c(CC2CO2)c2ccccc2c1CC1CO1. The molecular formula is C16H16O4. The Morgan fingerprint density at radius 2 is 1.25 bits per heavy atom. The van der Waals surface area contributed by atoms with E-state index in [-0.39, 0.29) is 23.7 Å². The molecule has 0 aliphatic carbocycles. The Hall–Kier alpha value is -1.78. The lowest BCUT2D eigenvalue weighted by atomic mass is 9.93. The number of epoxide rings is 2. The summed E-state index contributed by atoms with van der Waals surface area (Å²) in [6.07, 6.45) is 1.61. The van der Waals surface area contributed by atoms with Crippen LogP contribution in [0.15, 0.2) is 24.3 Å². The molecule has 0 spiro atoms. The normalized spacial score (nSPS) is 24.0. The predicted octanol–water partition coefficient (Wildman–Crippen LogP) is 2.13. The van der Waals surface area contributed by atoms with Gasteiger partial charge in [0.05, 0.1) is 25.4 Å².